The number of carbonyl (C=O) groups excluding carboxylic acids is 2. The van der Waals surface area contributed by atoms with E-state index in [0.29, 0.717) is 76.3 Å². The van der Waals surface area contributed by atoms with Gasteiger partial charge in [0.05, 0.1) is 29.8 Å². The van der Waals surface area contributed by atoms with E-state index in [1.807, 2.05) is 142 Å². The summed E-state index contributed by atoms with van der Waals surface area (Å²) in [6, 6.07) is 14.5. The second kappa shape index (κ2) is 17.9. The molecule has 2 aromatic heterocycles. The van der Waals surface area contributed by atoms with E-state index in [-0.39, 0.29) is 11.6 Å². The highest BCUT2D eigenvalue weighted by atomic mass is 35.5. The van der Waals surface area contributed by atoms with E-state index in [2.05, 4.69) is 10.2 Å². The van der Waals surface area contributed by atoms with Crippen LogP contribution >= 0.6 is 69.1 Å². The molecule has 4 aromatic rings. The topological polar surface area (TPSA) is 83.6 Å². The molecule has 0 saturated carbocycles. The first-order valence-electron chi connectivity index (χ1n) is 20.1. The number of rotatable bonds is 7. The van der Waals surface area contributed by atoms with Gasteiger partial charge in [0.1, 0.15) is 22.8 Å². The van der Waals surface area contributed by atoms with Gasteiger partial charge in [0, 0.05) is 44.6 Å². The number of ketones is 2. The fourth-order valence-electron chi connectivity index (χ4n) is 6.93. The Morgan fingerprint density at radius 2 is 0.774 bits per heavy atom. The normalized spacial score (nSPS) is 15.7. The number of thiophene rings is 2. The maximum absolute atomic E-state index is 13.7. The summed E-state index contributed by atoms with van der Waals surface area (Å²) < 4.78 is 0. The minimum atomic E-state index is -0.396. The second-order valence-electron chi connectivity index (χ2n) is 19.4. The van der Waals surface area contributed by atoms with E-state index >= 15 is 0 Å². The lowest BCUT2D eigenvalue weighted by Crippen LogP contribution is -2.28. The predicted octanol–water partition coefficient (Wildman–Crippen LogP) is 18.1. The number of allylic oxidation sites excluding steroid dienone is 10. The van der Waals surface area contributed by atoms with Crippen LogP contribution in [0.2, 0.25) is 20.1 Å². The van der Waals surface area contributed by atoms with Gasteiger partial charge in [-0.15, -0.1) is 43.1 Å². The van der Waals surface area contributed by atoms with Crippen molar-refractivity contribution in [2.24, 2.45) is 42.1 Å². The van der Waals surface area contributed by atoms with Gasteiger partial charge in [-0.25, -0.2) is 0 Å². The van der Waals surface area contributed by atoms with Crippen molar-refractivity contribution >= 4 is 103 Å². The van der Waals surface area contributed by atoms with Crippen LogP contribution in [0.3, 0.4) is 0 Å². The Labute approximate surface area is 393 Å². The lowest BCUT2D eigenvalue weighted by molar-refractivity contribution is -0.114. The quantitative estimate of drug-likeness (QED) is 0.173. The summed E-state index contributed by atoms with van der Waals surface area (Å²) in [6.07, 6.45) is 7.71. The Morgan fingerprint density at radius 3 is 1.03 bits per heavy atom. The van der Waals surface area contributed by atoms with Gasteiger partial charge in [-0.05, 0) is 93.1 Å². The van der Waals surface area contributed by atoms with E-state index in [1.165, 1.54) is 22.7 Å². The maximum atomic E-state index is 13.7. The molecule has 0 atom stereocenters. The third-order valence-electron chi connectivity index (χ3n) is 10.3. The summed E-state index contributed by atoms with van der Waals surface area (Å²) in [5, 5.41) is 23.9. The molecule has 0 spiro atoms. The summed E-state index contributed by atoms with van der Waals surface area (Å²) in [7, 11) is 0. The van der Waals surface area contributed by atoms with Crippen LogP contribution in [-0.2, 0) is 9.59 Å². The van der Waals surface area contributed by atoms with Crippen molar-refractivity contribution in [3.05, 3.63) is 147 Å². The molecule has 0 saturated heterocycles. The van der Waals surface area contributed by atoms with Crippen molar-refractivity contribution in [1.82, 2.24) is 0 Å². The number of hydrogen-bond acceptors (Lipinski definition) is 8. The van der Waals surface area contributed by atoms with Crippen LogP contribution in [0.25, 0.3) is 22.5 Å². The van der Waals surface area contributed by atoms with E-state index in [1.54, 1.807) is 24.3 Å². The minimum Gasteiger partial charge on any atom is -0.289 e. The van der Waals surface area contributed by atoms with Crippen LogP contribution in [0, 0.1) is 21.7 Å². The molecule has 2 heterocycles. The zero-order valence-electron chi connectivity index (χ0n) is 37.0. The monoisotopic (exact) mass is 942 g/mol. The third-order valence-corrected chi connectivity index (χ3v) is 13.3. The first-order valence-corrected chi connectivity index (χ1v) is 23.4. The molecular weight excluding hydrogens is 895 g/mol. The van der Waals surface area contributed by atoms with Crippen molar-refractivity contribution in [2.45, 2.75) is 83.1 Å². The van der Waals surface area contributed by atoms with Crippen molar-refractivity contribution in [1.29, 1.82) is 0 Å². The van der Waals surface area contributed by atoms with Gasteiger partial charge in [0.15, 0.2) is 11.6 Å². The molecule has 0 N–H and O–H groups in total. The summed E-state index contributed by atoms with van der Waals surface area (Å²) in [5.41, 5.74) is 5.81. The van der Waals surface area contributed by atoms with Crippen LogP contribution in [0.4, 0.5) is 11.4 Å². The second-order valence-corrected chi connectivity index (χ2v) is 22.9. The van der Waals surface area contributed by atoms with Crippen molar-refractivity contribution in [3.63, 3.8) is 0 Å². The van der Waals surface area contributed by atoms with Crippen LogP contribution < -0.4 is 0 Å². The van der Waals surface area contributed by atoms with Gasteiger partial charge in [-0.3, -0.25) is 9.59 Å². The first kappa shape index (κ1) is 47.5. The predicted molar refractivity (Wildman–Crippen MR) is 264 cm³/mol. The van der Waals surface area contributed by atoms with Crippen molar-refractivity contribution in [2.75, 3.05) is 0 Å². The van der Waals surface area contributed by atoms with Crippen LogP contribution in [-0.4, -0.2) is 11.6 Å². The SMILES string of the molecule is CC(C)(C)C1=CC(=C(N=Nc2cc(Cl)c(-c3cc(Cl)c(N=NC(=C4C=C(C(C)(C)C)C(=O)C(C(C)(C)C)=C4)c4cccs4)cc3Cl)cc2Cl)c2cccs2)C=C(C(C)(C)C)C1=O. The number of carbonyl (C=O) groups is 2. The largest absolute Gasteiger partial charge is 0.289 e. The first-order chi connectivity index (χ1) is 28.8. The average Bonchev–Trinajstić information content (AvgIpc) is 3.89. The fourth-order valence-corrected chi connectivity index (χ4v) is 9.32. The highest BCUT2D eigenvalue weighted by Gasteiger charge is 2.36. The summed E-state index contributed by atoms with van der Waals surface area (Å²) in [5.74, 6) is 0.0730. The summed E-state index contributed by atoms with van der Waals surface area (Å²) in [6.45, 7) is 24.4. The van der Waals surface area contributed by atoms with Gasteiger partial charge >= 0.3 is 0 Å². The zero-order valence-corrected chi connectivity index (χ0v) is 41.7. The number of Topliss-reactive ketones (excluding diaryl/α,β-unsaturated/α-hetero) is 2. The molecule has 6 nitrogen and oxygen atoms in total. The molecule has 2 aromatic carbocycles. The molecular formula is C50H50Cl4N4O2S2. The fraction of sp³-hybridized carbons (Fsp3) is 0.320. The number of halogens is 4. The highest BCUT2D eigenvalue weighted by molar-refractivity contribution is 7.11. The highest BCUT2D eigenvalue weighted by Crippen LogP contribution is 2.46. The third kappa shape index (κ3) is 10.3. The molecule has 62 heavy (non-hydrogen) atoms. The number of nitrogens with zero attached hydrogens (tertiary/aromatic N) is 4. The number of hydrogen-bond donors (Lipinski definition) is 0. The molecule has 0 fully saturated rings. The standard InChI is InChI=1S/C50H50Cl4N4O2S2/c1-47(2,3)31-19-27(20-32(45(31)59)48(4,5)6)43(41-15-13-17-61-41)57-55-39-25-35(51)29(23-37(39)53)30-24-38(54)40(26-36(30)52)56-58-44(42-16-14-18-62-42)28-21-33(49(7,8)9)46(60)34(22-28)50(10,11)12/h13-26H,1-12H3. The molecule has 6 rings (SSSR count). The van der Waals surface area contributed by atoms with Crippen molar-refractivity contribution < 1.29 is 9.59 Å². The average molecular weight is 945 g/mol. The Morgan fingerprint density at radius 1 is 0.468 bits per heavy atom. The molecule has 0 radical (unpaired) electrons. The summed E-state index contributed by atoms with van der Waals surface area (Å²) in [4.78, 5) is 29.2. The van der Waals surface area contributed by atoms with E-state index in [4.69, 9.17) is 56.6 Å². The number of benzene rings is 2. The molecule has 0 unspecified atom stereocenters. The Bertz CT molecular complexity index is 2460. The molecule has 322 valence electrons. The van der Waals surface area contributed by atoms with Gasteiger partial charge in [0.2, 0.25) is 0 Å². The van der Waals surface area contributed by atoms with Gasteiger partial charge < -0.3 is 0 Å². The van der Waals surface area contributed by atoms with Crippen molar-refractivity contribution in [3.8, 4) is 11.1 Å². The molecule has 0 bridgehead atoms. The molecule has 2 aliphatic carbocycles. The molecule has 0 amide bonds. The Kier molecular flexibility index (Phi) is 13.7. The summed E-state index contributed by atoms with van der Waals surface area (Å²) >= 11 is 30.8. The molecule has 0 aliphatic heterocycles. The van der Waals surface area contributed by atoms with Gasteiger partial charge in [0.25, 0.3) is 0 Å². The maximum Gasteiger partial charge on any atom is 0.186 e. The van der Waals surface area contributed by atoms with E-state index in [0.717, 1.165) is 20.9 Å². The lowest BCUT2D eigenvalue weighted by Gasteiger charge is -2.31. The van der Waals surface area contributed by atoms with Crippen LogP contribution in [0.5, 0.6) is 0 Å². The van der Waals surface area contributed by atoms with Gasteiger partial charge in [-0.2, -0.15) is 0 Å². The number of azo groups is 2. The van der Waals surface area contributed by atoms with Gasteiger partial charge in [-0.1, -0.05) is 142 Å². The van der Waals surface area contributed by atoms with E-state index in [9.17, 15) is 9.59 Å². The van der Waals surface area contributed by atoms with Crippen LogP contribution in [0.1, 0.15) is 92.8 Å². The smallest absolute Gasteiger partial charge is 0.186 e. The Hall–Kier alpha value is -4.02. The minimum absolute atomic E-state index is 0.0365. The van der Waals surface area contributed by atoms with Crippen LogP contribution in [0.15, 0.2) is 137 Å². The van der Waals surface area contributed by atoms with E-state index < -0.39 is 21.7 Å². The zero-order chi connectivity index (χ0) is 45.7. The Balaban J connectivity index is 1.39. The molecule has 12 heteroatoms. The lowest BCUT2D eigenvalue weighted by atomic mass is 9.71. The molecule has 2 aliphatic rings.